The summed E-state index contributed by atoms with van der Waals surface area (Å²) in [5.41, 5.74) is -2.22. The molecule has 3 rings (SSSR count). The molecule has 0 aliphatic heterocycles. The quantitative estimate of drug-likeness (QED) is 0.254. The van der Waals surface area contributed by atoms with E-state index in [0.717, 1.165) is 11.4 Å². The average molecular weight is 396 g/mol. The van der Waals surface area contributed by atoms with Gasteiger partial charge < -0.3 is 4.55 Å². The molecule has 0 amide bonds. The summed E-state index contributed by atoms with van der Waals surface area (Å²) in [4.78, 5) is 0. The van der Waals surface area contributed by atoms with Gasteiger partial charge in [-0.1, -0.05) is 36.3 Å². The molecule has 0 atom stereocenters. The highest BCUT2D eigenvalue weighted by Gasteiger charge is 2.36. The lowest BCUT2D eigenvalue weighted by atomic mass is 10.2. The molecule has 0 bridgehead atoms. The summed E-state index contributed by atoms with van der Waals surface area (Å²) in [5.74, 6) is 7.48. The zero-order valence-corrected chi connectivity index (χ0v) is 15.2. The molecule has 9 heteroatoms. The Morgan fingerprint density at radius 3 is 2.04 bits per heavy atom. The van der Waals surface area contributed by atoms with Gasteiger partial charge in [-0.15, -0.1) is 0 Å². The predicted octanol–water partition coefficient (Wildman–Crippen LogP) is 2.45. The van der Waals surface area contributed by atoms with Crippen LogP contribution in [0.5, 0.6) is 0 Å². The van der Waals surface area contributed by atoms with Crippen molar-refractivity contribution in [2.75, 3.05) is 0 Å². The van der Waals surface area contributed by atoms with Gasteiger partial charge >= 0.3 is 11.3 Å². The molecule has 5 nitrogen and oxygen atoms in total. The van der Waals surface area contributed by atoms with Crippen molar-refractivity contribution in [2.24, 2.45) is 14.1 Å². The fourth-order valence-corrected chi connectivity index (χ4v) is 2.30. The van der Waals surface area contributed by atoms with Gasteiger partial charge in [-0.25, -0.2) is 17.6 Å². The summed E-state index contributed by atoms with van der Waals surface area (Å²) < 4.78 is 63.2. The Labute approximate surface area is 154 Å². The number of alkyl halides is 3. The standard InChI is InChI=1S/C17H15N2.CHF3O3S/c1-18-15-10-6-7-11-16(15)19(2)17(18)13-12-14-8-4-3-5-9-14;2-1(3,4)8(5,6)7/h3-11H,1-2H3;(H,5,6,7)/q+1;/p-1. The van der Waals surface area contributed by atoms with Gasteiger partial charge in [-0.2, -0.15) is 13.2 Å². The lowest BCUT2D eigenvalue weighted by Crippen LogP contribution is -2.31. The molecule has 0 radical (unpaired) electrons. The minimum atomic E-state index is -6.09. The third-order valence-electron chi connectivity index (χ3n) is 3.62. The summed E-state index contributed by atoms with van der Waals surface area (Å²) >= 11 is 0. The van der Waals surface area contributed by atoms with Crippen molar-refractivity contribution in [3.63, 3.8) is 0 Å². The number of aryl methyl sites for hydroxylation is 2. The highest BCUT2D eigenvalue weighted by atomic mass is 32.2. The van der Waals surface area contributed by atoms with Crippen LogP contribution < -0.4 is 4.57 Å². The molecular formula is C18H15F3N2O3S. The Morgan fingerprint density at radius 1 is 1.00 bits per heavy atom. The first-order valence-electron chi connectivity index (χ1n) is 7.55. The molecule has 0 fully saturated rings. The first-order chi connectivity index (χ1) is 12.5. The number of halogens is 3. The van der Waals surface area contributed by atoms with Crippen LogP contribution in [0.25, 0.3) is 11.0 Å². The first-order valence-corrected chi connectivity index (χ1v) is 8.96. The Balaban J connectivity index is 0.000000279. The summed E-state index contributed by atoms with van der Waals surface area (Å²) in [5, 5.41) is 0. The average Bonchev–Trinajstić information content (AvgIpc) is 2.84. The van der Waals surface area contributed by atoms with Crippen LogP contribution in [0.4, 0.5) is 13.2 Å². The van der Waals surface area contributed by atoms with E-state index in [2.05, 4.69) is 59.3 Å². The van der Waals surface area contributed by atoms with Crippen LogP contribution in [0.2, 0.25) is 0 Å². The molecule has 1 heterocycles. The van der Waals surface area contributed by atoms with Crippen molar-refractivity contribution in [1.29, 1.82) is 0 Å². The maximum Gasteiger partial charge on any atom is 0.485 e. The minimum absolute atomic E-state index is 1.00. The minimum Gasteiger partial charge on any atom is -0.741 e. The van der Waals surface area contributed by atoms with Crippen LogP contribution in [0, 0.1) is 11.8 Å². The SMILES string of the molecule is Cn1c(C#Cc2ccccc2)[n+](C)c2ccccc21.O=S(=O)([O-])C(F)(F)F. The molecule has 0 saturated carbocycles. The number of imidazole rings is 1. The molecule has 0 saturated heterocycles. The second kappa shape index (κ2) is 7.82. The highest BCUT2D eigenvalue weighted by molar-refractivity contribution is 7.86. The van der Waals surface area contributed by atoms with Crippen molar-refractivity contribution in [2.45, 2.75) is 5.51 Å². The maximum atomic E-state index is 10.7. The second-order valence-electron chi connectivity index (χ2n) is 5.45. The number of nitrogens with zero attached hydrogens (tertiary/aromatic N) is 2. The van der Waals surface area contributed by atoms with Crippen LogP contribution in [-0.4, -0.2) is 23.0 Å². The van der Waals surface area contributed by atoms with Crippen molar-refractivity contribution in [3.8, 4) is 11.8 Å². The van der Waals surface area contributed by atoms with Crippen LogP contribution in [0.15, 0.2) is 54.6 Å². The lowest BCUT2D eigenvalue weighted by Gasteiger charge is -2.08. The van der Waals surface area contributed by atoms with E-state index in [1.807, 2.05) is 30.3 Å². The third-order valence-corrected chi connectivity index (χ3v) is 4.18. The summed E-state index contributed by atoms with van der Waals surface area (Å²) in [6.07, 6.45) is 0. The Kier molecular flexibility index (Phi) is 5.93. The maximum absolute atomic E-state index is 10.7. The first kappa shape index (κ1) is 20.5. The summed E-state index contributed by atoms with van der Waals surface area (Å²) in [7, 11) is -1.98. The highest BCUT2D eigenvalue weighted by Crippen LogP contribution is 2.20. The molecule has 142 valence electrons. The van der Waals surface area contributed by atoms with Gasteiger partial charge in [0.05, 0.1) is 14.1 Å². The fourth-order valence-electron chi connectivity index (χ4n) is 2.30. The molecular weight excluding hydrogens is 381 g/mol. The van der Waals surface area contributed by atoms with Gasteiger partial charge in [0.2, 0.25) is 0 Å². The van der Waals surface area contributed by atoms with E-state index in [0.29, 0.717) is 0 Å². The Hall–Kier alpha value is -2.83. The molecule has 2 aromatic carbocycles. The van der Waals surface area contributed by atoms with Crippen molar-refractivity contribution in [1.82, 2.24) is 4.57 Å². The number of benzene rings is 2. The monoisotopic (exact) mass is 396 g/mol. The summed E-state index contributed by atoms with van der Waals surface area (Å²) in [6.45, 7) is 0. The smallest absolute Gasteiger partial charge is 0.485 e. The van der Waals surface area contributed by atoms with Crippen molar-refractivity contribution < 1.29 is 30.7 Å². The van der Waals surface area contributed by atoms with Gasteiger partial charge in [0.15, 0.2) is 21.2 Å². The van der Waals surface area contributed by atoms with Crippen LogP contribution in [-0.2, 0) is 24.2 Å². The molecule has 1 aromatic heterocycles. The fraction of sp³-hybridized carbons (Fsp3) is 0.167. The molecule has 3 aromatic rings. The molecule has 0 unspecified atom stereocenters. The van der Waals surface area contributed by atoms with E-state index in [9.17, 15) is 13.2 Å². The number of para-hydroxylation sites is 2. The van der Waals surface area contributed by atoms with Gasteiger partial charge in [0, 0.05) is 11.5 Å². The zero-order chi connectivity index (χ0) is 20.2. The van der Waals surface area contributed by atoms with E-state index in [-0.39, 0.29) is 0 Å². The third kappa shape index (κ3) is 4.87. The van der Waals surface area contributed by atoms with E-state index in [1.165, 1.54) is 11.0 Å². The molecule has 0 N–H and O–H groups in total. The zero-order valence-electron chi connectivity index (χ0n) is 14.4. The number of hydrogen-bond donors (Lipinski definition) is 0. The predicted molar refractivity (Wildman–Crippen MR) is 92.3 cm³/mol. The number of aromatic nitrogens is 2. The Bertz CT molecular complexity index is 1070. The number of fused-ring (bicyclic) bond motifs is 1. The molecule has 27 heavy (non-hydrogen) atoms. The lowest BCUT2D eigenvalue weighted by molar-refractivity contribution is -0.648. The van der Waals surface area contributed by atoms with Gasteiger partial charge in [0.25, 0.3) is 0 Å². The van der Waals surface area contributed by atoms with Gasteiger partial charge in [0.1, 0.15) is 0 Å². The van der Waals surface area contributed by atoms with E-state index < -0.39 is 15.6 Å². The Morgan fingerprint density at radius 2 is 1.52 bits per heavy atom. The number of hydrogen-bond acceptors (Lipinski definition) is 3. The normalized spacial score (nSPS) is 11.3. The summed E-state index contributed by atoms with van der Waals surface area (Å²) in [6, 6.07) is 18.4. The van der Waals surface area contributed by atoms with Crippen LogP contribution >= 0.6 is 0 Å². The molecule has 0 aliphatic carbocycles. The second-order valence-corrected chi connectivity index (χ2v) is 6.82. The van der Waals surface area contributed by atoms with Crippen molar-refractivity contribution in [3.05, 3.63) is 66.0 Å². The van der Waals surface area contributed by atoms with Crippen LogP contribution in [0.1, 0.15) is 11.4 Å². The van der Waals surface area contributed by atoms with Gasteiger partial charge in [-0.05, 0) is 24.3 Å². The van der Waals surface area contributed by atoms with Crippen LogP contribution in [0.3, 0.4) is 0 Å². The molecule has 0 spiro atoms. The van der Waals surface area contributed by atoms with E-state index >= 15 is 0 Å². The topological polar surface area (TPSA) is 66.0 Å². The van der Waals surface area contributed by atoms with E-state index in [4.69, 9.17) is 13.0 Å². The largest absolute Gasteiger partial charge is 0.741 e. The van der Waals surface area contributed by atoms with E-state index in [1.54, 1.807) is 0 Å². The van der Waals surface area contributed by atoms with Crippen molar-refractivity contribution >= 4 is 21.2 Å². The van der Waals surface area contributed by atoms with Gasteiger partial charge in [-0.3, -0.25) is 0 Å². The molecule has 0 aliphatic rings. The number of rotatable bonds is 0.